The Morgan fingerprint density at radius 1 is 1.24 bits per heavy atom. The Kier molecular flexibility index (Phi) is 6.02. The zero-order valence-corrected chi connectivity index (χ0v) is 11.9. The molecule has 0 aromatic heterocycles. The van der Waals surface area contributed by atoms with Gasteiger partial charge in [-0.25, -0.2) is 4.79 Å². The maximum Gasteiger partial charge on any atom is 0.416 e. The second-order valence-electron chi connectivity index (χ2n) is 4.75. The van der Waals surface area contributed by atoms with Crippen molar-refractivity contribution in [3.63, 3.8) is 0 Å². The average molecular weight is 304 g/mol. The van der Waals surface area contributed by atoms with Gasteiger partial charge in [0.25, 0.3) is 0 Å². The average Bonchev–Trinajstić information content (AvgIpc) is 2.43. The monoisotopic (exact) mass is 304 g/mol. The number of amides is 2. The summed E-state index contributed by atoms with van der Waals surface area (Å²) in [6.07, 6.45) is -3.79. The summed E-state index contributed by atoms with van der Waals surface area (Å²) >= 11 is 0. The Hall–Kier alpha value is -1.76. The molecule has 0 saturated heterocycles. The number of alkyl halides is 3. The highest BCUT2D eigenvalue weighted by molar-refractivity contribution is 5.74. The molecule has 1 aromatic rings. The van der Waals surface area contributed by atoms with E-state index in [-0.39, 0.29) is 12.6 Å². The van der Waals surface area contributed by atoms with E-state index in [0.717, 1.165) is 12.1 Å². The molecule has 1 unspecified atom stereocenters. The number of benzene rings is 1. The number of hydrogen-bond acceptors (Lipinski definition) is 2. The van der Waals surface area contributed by atoms with Crippen LogP contribution in [0, 0.1) is 0 Å². The summed E-state index contributed by atoms with van der Waals surface area (Å²) in [6.45, 7) is 3.32. The van der Waals surface area contributed by atoms with E-state index >= 15 is 0 Å². The number of urea groups is 1. The molecule has 0 aliphatic carbocycles. The summed E-state index contributed by atoms with van der Waals surface area (Å²) in [5, 5.41) is 14.2. The van der Waals surface area contributed by atoms with Crippen LogP contribution in [-0.4, -0.2) is 23.8 Å². The molecule has 0 bridgehead atoms. The highest BCUT2D eigenvalue weighted by Gasteiger charge is 2.30. The van der Waals surface area contributed by atoms with Gasteiger partial charge >= 0.3 is 12.2 Å². The summed E-state index contributed by atoms with van der Waals surface area (Å²) in [5.74, 6) is 0. The number of carbonyl (C=O) groups excluding carboxylic acids is 1. The van der Waals surface area contributed by atoms with Crippen LogP contribution < -0.4 is 10.6 Å². The van der Waals surface area contributed by atoms with Gasteiger partial charge in [0.2, 0.25) is 0 Å². The van der Waals surface area contributed by atoms with E-state index in [4.69, 9.17) is 5.11 Å². The molecule has 0 heterocycles. The molecule has 4 nitrogen and oxygen atoms in total. The van der Waals surface area contributed by atoms with Crippen LogP contribution in [0.25, 0.3) is 0 Å². The number of nitrogens with one attached hydrogen (secondary N) is 2. The van der Waals surface area contributed by atoms with Crippen molar-refractivity contribution in [3.8, 4) is 0 Å². The van der Waals surface area contributed by atoms with Crippen LogP contribution in [0.1, 0.15) is 37.4 Å². The molecule has 0 aliphatic rings. The van der Waals surface area contributed by atoms with E-state index in [2.05, 4.69) is 10.6 Å². The molecule has 2 amide bonds. The number of rotatable bonds is 5. The summed E-state index contributed by atoms with van der Waals surface area (Å²) in [4.78, 5) is 11.7. The first-order chi connectivity index (χ1) is 9.77. The summed E-state index contributed by atoms with van der Waals surface area (Å²) in [5.41, 5.74) is -0.163. The number of aliphatic hydroxyl groups is 1. The van der Waals surface area contributed by atoms with Gasteiger partial charge in [-0.05, 0) is 31.0 Å². The van der Waals surface area contributed by atoms with Crippen molar-refractivity contribution in [1.29, 1.82) is 0 Å². The molecule has 0 aliphatic heterocycles. The molecule has 3 N–H and O–H groups in total. The third-order valence-corrected chi connectivity index (χ3v) is 3.13. The maximum absolute atomic E-state index is 12.4. The Bertz CT molecular complexity index is 456. The van der Waals surface area contributed by atoms with Crippen molar-refractivity contribution >= 4 is 6.03 Å². The van der Waals surface area contributed by atoms with Gasteiger partial charge in [0.05, 0.1) is 24.3 Å². The second kappa shape index (κ2) is 7.31. The molecular formula is C14H19F3N2O2. The lowest BCUT2D eigenvalue weighted by Gasteiger charge is -2.19. The first kappa shape index (κ1) is 17.3. The van der Waals surface area contributed by atoms with E-state index in [0.29, 0.717) is 12.0 Å². The summed E-state index contributed by atoms with van der Waals surface area (Å²) < 4.78 is 37.3. The molecule has 1 aromatic carbocycles. The lowest BCUT2D eigenvalue weighted by atomic mass is 10.1. The van der Waals surface area contributed by atoms with Crippen molar-refractivity contribution in [2.75, 3.05) is 6.61 Å². The fraction of sp³-hybridized carbons (Fsp3) is 0.500. The van der Waals surface area contributed by atoms with Crippen LogP contribution in [0.15, 0.2) is 24.3 Å². The van der Waals surface area contributed by atoms with Gasteiger partial charge in [0.15, 0.2) is 0 Å². The zero-order valence-electron chi connectivity index (χ0n) is 11.9. The largest absolute Gasteiger partial charge is 0.416 e. The van der Waals surface area contributed by atoms with E-state index in [1.165, 1.54) is 12.1 Å². The molecule has 2 atom stereocenters. The standard InChI is InChI=1S/C14H19F3N2O2/c1-3-12(8-20)19-13(21)18-9(2)10-4-6-11(7-5-10)14(15,16)17/h4-7,9,12,20H,3,8H2,1-2H3,(H2,18,19,21)/t9-,12?/m1/s1. The first-order valence-corrected chi connectivity index (χ1v) is 6.63. The maximum atomic E-state index is 12.4. The highest BCUT2D eigenvalue weighted by Crippen LogP contribution is 2.29. The van der Waals surface area contributed by atoms with Crippen molar-refractivity contribution in [2.45, 2.75) is 38.5 Å². The molecular weight excluding hydrogens is 285 g/mol. The Morgan fingerprint density at radius 3 is 2.24 bits per heavy atom. The van der Waals surface area contributed by atoms with Crippen LogP contribution in [0.5, 0.6) is 0 Å². The predicted octanol–water partition coefficient (Wildman–Crippen LogP) is 2.84. The van der Waals surface area contributed by atoms with E-state index in [1.807, 2.05) is 6.92 Å². The Balaban J connectivity index is 2.63. The topological polar surface area (TPSA) is 61.4 Å². The minimum atomic E-state index is -4.37. The predicted molar refractivity (Wildman–Crippen MR) is 72.7 cm³/mol. The molecule has 7 heteroatoms. The molecule has 0 fully saturated rings. The van der Waals surface area contributed by atoms with Gasteiger partial charge in [0.1, 0.15) is 0 Å². The van der Waals surface area contributed by atoms with Crippen LogP contribution in [0.2, 0.25) is 0 Å². The number of hydrogen-bond donors (Lipinski definition) is 3. The zero-order chi connectivity index (χ0) is 16.0. The molecule has 0 radical (unpaired) electrons. The normalized spacial score (nSPS) is 14.4. The van der Waals surface area contributed by atoms with Crippen LogP contribution in [0.3, 0.4) is 0 Å². The van der Waals surface area contributed by atoms with E-state index < -0.39 is 23.8 Å². The molecule has 118 valence electrons. The molecule has 0 saturated carbocycles. The van der Waals surface area contributed by atoms with E-state index in [9.17, 15) is 18.0 Å². The summed E-state index contributed by atoms with van der Waals surface area (Å²) in [7, 11) is 0. The first-order valence-electron chi connectivity index (χ1n) is 6.63. The third-order valence-electron chi connectivity index (χ3n) is 3.13. The molecule has 1 rings (SSSR count). The van der Waals surface area contributed by atoms with Gasteiger partial charge in [0, 0.05) is 0 Å². The molecule has 0 spiro atoms. The van der Waals surface area contributed by atoms with Crippen LogP contribution in [0.4, 0.5) is 18.0 Å². The SMILES string of the molecule is CCC(CO)NC(=O)N[C@H](C)c1ccc(C(F)(F)F)cc1. The van der Waals surface area contributed by atoms with Crippen molar-refractivity contribution in [2.24, 2.45) is 0 Å². The van der Waals surface area contributed by atoms with Crippen molar-refractivity contribution in [3.05, 3.63) is 35.4 Å². The second-order valence-corrected chi connectivity index (χ2v) is 4.75. The van der Waals surface area contributed by atoms with Gasteiger partial charge in [-0.2, -0.15) is 13.2 Å². The third kappa shape index (κ3) is 5.26. The van der Waals surface area contributed by atoms with E-state index in [1.54, 1.807) is 6.92 Å². The summed E-state index contributed by atoms with van der Waals surface area (Å²) in [6, 6.07) is 3.37. The number of aliphatic hydroxyl groups excluding tert-OH is 1. The van der Waals surface area contributed by atoms with Gasteiger partial charge in [-0.3, -0.25) is 0 Å². The smallest absolute Gasteiger partial charge is 0.394 e. The quantitative estimate of drug-likeness (QED) is 0.783. The van der Waals surface area contributed by atoms with Crippen molar-refractivity contribution in [1.82, 2.24) is 10.6 Å². The van der Waals surface area contributed by atoms with Crippen LogP contribution >= 0.6 is 0 Å². The lowest BCUT2D eigenvalue weighted by molar-refractivity contribution is -0.137. The van der Waals surface area contributed by atoms with Crippen LogP contribution in [-0.2, 0) is 6.18 Å². The van der Waals surface area contributed by atoms with Gasteiger partial charge in [-0.15, -0.1) is 0 Å². The van der Waals surface area contributed by atoms with Crippen molar-refractivity contribution < 1.29 is 23.1 Å². The minimum Gasteiger partial charge on any atom is -0.394 e. The minimum absolute atomic E-state index is 0.168. The fourth-order valence-electron chi connectivity index (χ4n) is 1.74. The number of carbonyl (C=O) groups is 1. The Morgan fingerprint density at radius 2 is 1.81 bits per heavy atom. The number of halogens is 3. The lowest BCUT2D eigenvalue weighted by Crippen LogP contribution is -2.44. The van der Waals surface area contributed by atoms with Gasteiger partial charge in [-0.1, -0.05) is 19.1 Å². The highest BCUT2D eigenvalue weighted by atomic mass is 19.4. The van der Waals surface area contributed by atoms with Gasteiger partial charge < -0.3 is 15.7 Å². The Labute approximate surface area is 121 Å². The molecule has 21 heavy (non-hydrogen) atoms. The fourth-order valence-corrected chi connectivity index (χ4v) is 1.74.